The summed E-state index contributed by atoms with van der Waals surface area (Å²) in [6.07, 6.45) is -6.40. The van der Waals surface area contributed by atoms with Gasteiger partial charge in [0.25, 0.3) is 0 Å². The second kappa shape index (κ2) is 17.4. The summed E-state index contributed by atoms with van der Waals surface area (Å²) in [6.45, 7) is 14.6. The Morgan fingerprint density at radius 1 is 0.930 bits per heavy atom. The normalized spacial score (nSPS) is 20.2. The molecule has 312 valence electrons. The lowest BCUT2D eigenvalue weighted by atomic mass is 10.1. The van der Waals surface area contributed by atoms with Crippen LogP contribution in [0.3, 0.4) is 0 Å². The zero-order valence-corrected chi connectivity index (χ0v) is 34.9. The van der Waals surface area contributed by atoms with Crippen LogP contribution < -0.4 is 20.2 Å². The fraction of sp³-hybridized carbons (Fsp3) is 0.514. The van der Waals surface area contributed by atoms with E-state index in [0.717, 1.165) is 34.0 Å². The number of anilines is 1. The standard InChI is InChI=1S/C37H48FN4O13PS/c1-21(30(43)44)40-56(49,55-24-17-13-15-22-14-11-12-16-23(22)24)50-20-25-28(51-34(48)54-37(8,9)10)27(38)29(57-25)41-19-18-26(39-31(41)45)42(32(46)52-35(2,3)4)33(47)53-36(5,6)7/h11-19,21,25,27-29H,20H2,1-10H3,(H,40,49)(H,43,44)/t21?,25-,27+,28-,29?,56?/m1/s1. The third-order valence-corrected chi connectivity index (χ3v) is 10.6. The van der Waals surface area contributed by atoms with Gasteiger partial charge >= 0.3 is 37.7 Å². The van der Waals surface area contributed by atoms with Crippen LogP contribution in [0.15, 0.2) is 59.5 Å². The van der Waals surface area contributed by atoms with Crippen molar-refractivity contribution in [3.63, 3.8) is 0 Å². The lowest BCUT2D eigenvalue weighted by Crippen LogP contribution is -2.45. The number of fused-ring (bicyclic) bond motifs is 1. The van der Waals surface area contributed by atoms with Crippen molar-refractivity contribution in [1.29, 1.82) is 0 Å². The van der Waals surface area contributed by atoms with E-state index in [1.807, 2.05) is 0 Å². The number of benzene rings is 2. The van der Waals surface area contributed by atoms with Gasteiger partial charge in [-0.25, -0.2) is 28.1 Å². The summed E-state index contributed by atoms with van der Waals surface area (Å²) in [4.78, 5) is 68.9. The Labute approximate surface area is 333 Å². The van der Waals surface area contributed by atoms with E-state index >= 15 is 4.39 Å². The van der Waals surface area contributed by atoms with E-state index in [2.05, 4.69) is 10.1 Å². The van der Waals surface area contributed by atoms with Crippen molar-refractivity contribution in [2.24, 2.45) is 0 Å². The molecule has 0 spiro atoms. The van der Waals surface area contributed by atoms with Crippen LogP contribution >= 0.6 is 19.5 Å². The predicted molar refractivity (Wildman–Crippen MR) is 208 cm³/mol. The number of hydrogen-bond acceptors (Lipinski definition) is 14. The number of alkyl halides is 1. The number of rotatable bonds is 11. The number of hydrogen-bond donors (Lipinski definition) is 2. The molecule has 1 aliphatic heterocycles. The van der Waals surface area contributed by atoms with E-state index in [1.165, 1.54) is 13.0 Å². The number of imide groups is 1. The summed E-state index contributed by atoms with van der Waals surface area (Å²) in [5, 5.41) is 10.6. The maximum atomic E-state index is 16.6. The van der Waals surface area contributed by atoms with E-state index in [-0.39, 0.29) is 5.75 Å². The van der Waals surface area contributed by atoms with Crippen molar-refractivity contribution in [2.75, 3.05) is 11.5 Å². The second-order valence-corrected chi connectivity index (χ2v) is 18.9. The van der Waals surface area contributed by atoms with Gasteiger partial charge in [-0.1, -0.05) is 36.4 Å². The number of ether oxygens (including phenoxy) is 4. The van der Waals surface area contributed by atoms with Crippen LogP contribution in [-0.2, 0) is 32.8 Å². The minimum Gasteiger partial charge on any atom is -0.480 e. The highest BCUT2D eigenvalue weighted by atomic mass is 32.2. The SMILES string of the molecule is CC(NP(=O)(OC[C@H]1SC(n2ccc(N(C(=O)OC(C)(C)C)C(=O)OC(C)(C)C)nc2=O)[C@@H](F)[C@@H]1OC(=O)OC(C)(C)C)Oc1cccc2ccccc12)C(=O)O. The predicted octanol–water partition coefficient (Wildman–Crippen LogP) is 7.61. The van der Waals surface area contributed by atoms with Crippen molar-refractivity contribution in [1.82, 2.24) is 14.6 Å². The average molecular weight is 839 g/mol. The summed E-state index contributed by atoms with van der Waals surface area (Å²) < 4.78 is 64.7. The van der Waals surface area contributed by atoms with Gasteiger partial charge in [-0.3, -0.25) is 13.9 Å². The maximum absolute atomic E-state index is 16.6. The van der Waals surface area contributed by atoms with Gasteiger partial charge in [0.15, 0.2) is 18.1 Å². The molecule has 6 atom stereocenters. The highest BCUT2D eigenvalue weighted by Crippen LogP contribution is 2.50. The van der Waals surface area contributed by atoms with Crippen LogP contribution in [0.25, 0.3) is 10.8 Å². The molecule has 20 heteroatoms. The quantitative estimate of drug-likeness (QED) is 0.108. The molecule has 2 amide bonds. The molecule has 3 unspecified atom stereocenters. The molecule has 1 aliphatic rings. The van der Waals surface area contributed by atoms with Gasteiger partial charge in [-0.15, -0.1) is 11.8 Å². The Kier molecular flexibility index (Phi) is 13.8. The van der Waals surface area contributed by atoms with Crippen LogP contribution in [0.5, 0.6) is 5.75 Å². The van der Waals surface area contributed by atoms with Gasteiger partial charge in [-0.05, 0) is 86.8 Å². The van der Waals surface area contributed by atoms with Gasteiger partial charge in [0.2, 0.25) is 0 Å². The first kappa shape index (κ1) is 45.0. The molecular weight excluding hydrogens is 790 g/mol. The zero-order valence-electron chi connectivity index (χ0n) is 33.2. The molecule has 2 aromatic carbocycles. The second-order valence-electron chi connectivity index (χ2n) is 15.9. The molecule has 2 heterocycles. The number of thioether (sulfide) groups is 1. The number of amides is 2. The van der Waals surface area contributed by atoms with E-state index in [4.69, 9.17) is 28.0 Å². The van der Waals surface area contributed by atoms with Crippen molar-refractivity contribution in [3.8, 4) is 5.75 Å². The fourth-order valence-electron chi connectivity index (χ4n) is 5.14. The number of carboxylic acids is 1. The summed E-state index contributed by atoms with van der Waals surface area (Å²) in [5.74, 6) is -1.77. The number of carbonyl (C=O) groups excluding carboxylic acids is 3. The molecule has 0 aliphatic carbocycles. The molecular formula is C37H48FN4O13PS. The molecule has 0 bridgehead atoms. The van der Waals surface area contributed by atoms with E-state index in [1.54, 1.807) is 98.7 Å². The van der Waals surface area contributed by atoms with E-state index < -0.39 is 95.9 Å². The van der Waals surface area contributed by atoms with Crippen LogP contribution in [0.1, 0.15) is 74.6 Å². The Morgan fingerprint density at radius 3 is 2.07 bits per heavy atom. The van der Waals surface area contributed by atoms with Gasteiger partial charge in [0, 0.05) is 11.6 Å². The third-order valence-electron chi connectivity index (χ3n) is 7.46. The Hall–Kier alpha value is -4.71. The topological polar surface area (TPSA) is 211 Å². The zero-order chi connectivity index (χ0) is 42.7. The fourth-order valence-corrected chi connectivity index (χ4v) is 8.24. The Balaban J connectivity index is 1.69. The molecule has 4 rings (SSSR count). The molecule has 57 heavy (non-hydrogen) atoms. The number of aliphatic carboxylic acids is 1. The van der Waals surface area contributed by atoms with Crippen molar-refractivity contribution in [2.45, 2.75) is 115 Å². The summed E-state index contributed by atoms with van der Waals surface area (Å²) in [7, 11) is -4.60. The summed E-state index contributed by atoms with van der Waals surface area (Å²) in [5.41, 5.74) is -4.27. The Morgan fingerprint density at radius 2 is 1.51 bits per heavy atom. The van der Waals surface area contributed by atoms with Gasteiger partial charge in [0.1, 0.15) is 34.0 Å². The van der Waals surface area contributed by atoms with Gasteiger partial charge in [-0.2, -0.15) is 15.0 Å². The molecule has 0 saturated carbocycles. The molecule has 17 nitrogen and oxygen atoms in total. The third kappa shape index (κ3) is 12.4. The number of aromatic nitrogens is 2. The Bertz CT molecular complexity index is 2050. The summed E-state index contributed by atoms with van der Waals surface area (Å²) >= 11 is 0.744. The van der Waals surface area contributed by atoms with Crippen LogP contribution in [-0.4, -0.2) is 85.9 Å². The van der Waals surface area contributed by atoms with Gasteiger partial charge in [0.05, 0.1) is 11.9 Å². The lowest BCUT2D eigenvalue weighted by molar-refractivity contribution is -0.138. The molecule has 0 radical (unpaired) electrons. The maximum Gasteiger partial charge on any atom is 0.509 e. The number of nitrogens with one attached hydrogen (secondary N) is 1. The molecule has 2 N–H and O–H groups in total. The number of carbonyl (C=O) groups is 4. The van der Waals surface area contributed by atoms with Crippen molar-refractivity contribution < 1.29 is 61.2 Å². The largest absolute Gasteiger partial charge is 0.509 e. The number of halogens is 1. The first-order chi connectivity index (χ1) is 26.3. The first-order valence-corrected chi connectivity index (χ1v) is 20.2. The van der Waals surface area contributed by atoms with Crippen LogP contribution in [0.2, 0.25) is 0 Å². The molecule has 1 fully saturated rings. The highest BCUT2D eigenvalue weighted by molar-refractivity contribution is 8.00. The number of carboxylic acid groups (broad SMARTS) is 1. The number of nitrogens with zero attached hydrogens (tertiary/aromatic N) is 3. The molecule has 1 saturated heterocycles. The lowest BCUT2D eigenvalue weighted by Gasteiger charge is -2.28. The van der Waals surface area contributed by atoms with Crippen LogP contribution in [0.4, 0.5) is 24.6 Å². The van der Waals surface area contributed by atoms with E-state index in [9.17, 15) is 33.6 Å². The smallest absolute Gasteiger partial charge is 0.480 e. The van der Waals surface area contributed by atoms with Crippen LogP contribution in [0, 0.1) is 0 Å². The van der Waals surface area contributed by atoms with Crippen molar-refractivity contribution >= 4 is 60.4 Å². The monoisotopic (exact) mass is 838 g/mol. The van der Waals surface area contributed by atoms with E-state index in [0.29, 0.717) is 10.3 Å². The summed E-state index contributed by atoms with van der Waals surface area (Å²) in [6, 6.07) is 11.6. The molecule has 3 aromatic rings. The van der Waals surface area contributed by atoms with Gasteiger partial charge < -0.3 is 28.6 Å². The minimum atomic E-state index is -4.60. The average Bonchev–Trinajstić information content (AvgIpc) is 3.35. The van der Waals surface area contributed by atoms with Crippen molar-refractivity contribution in [3.05, 3.63) is 65.2 Å². The highest BCUT2D eigenvalue weighted by Gasteiger charge is 2.50. The molecule has 1 aromatic heterocycles. The minimum absolute atomic E-state index is 0.0907. The first-order valence-electron chi connectivity index (χ1n) is 17.7.